The molecule has 142 valence electrons. The van der Waals surface area contributed by atoms with Gasteiger partial charge in [0.05, 0.1) is 6.04 Å². The van der Waals surface area contributed by atoms with Gasteiger partial charge in [-0.05, 0) is 32.2 Å². The Morgan fingerprint density at radius 2 is 2.19 bits per heavy atom. The number of thiazole rings is 1. The Morgan fingerprint density at radius 3 is 2.89 bits per heavy atom. The second kappa shape index (κ2) is 8.58. The molecule has 27 heavy (non-hydrogen) atoms. The average Bonchev–Trinajstić information content (AvgIpc) is 3.34. The molecule has 0 radical (unpaired) electrons. The van der Waals surface area contributed by atoms with Crippen LogP contribution in [0.4, 0.5) is 0 Å². The summed E-state index contributed by atoms with van der Waals surface area (Å²) in [4.78, 5) is 19.8. The number of carbonyl (C=O) groups excluding carboxylic acids is 1. The van der Waals surface area contributed by atoms with Crippen LogP contribution in [0.3, 0.4) is 0 Å². The molecular weight excluding hydrogens is 382 g/mol. The summed E-state index contributed by atoms with van der Waals surface area (Å²) in [6.07, 6.45) is 1.99. The molecule has 2 heterocycles. The lowest BCUT2D eigenvalue weighted by atomic mass is 10.2. The van der Waals surface area contributed by atoms with Crippen molar-refractivity contribution >= 4 is 29.0 Å². The van der Waals surface area contributed by atoms with Crippen LogP contribution in [0.25, 0.3) is 0 Å². The maximum Gasteiger partial charge on any atom is 0.276 e. The number of hydrogen-bond acceptors (Lipinski definition) is 7. The second-order valence-electron chi connectivity index (χ2n) is 6.04. The highest BCUT2D eigenvalue weighted by atomic mass is 32.2. The smallest absolute Gasteiger partial charge is 0.276 e. The zero-order valence-electron chi connectivity index (χ0n) is 15.6. The van der Waals surface area contributed by atoms with Crippen LogP contribution >= 0.6 is 23.1 Å². The average molecular weight is 404 g/mol. The number of thioether (sulfide) groups is 1. The van der Waals surface area contributed by atoms with E-state index in [2.05, 4.69) is 10.1 Å². The highest BCUT2D eigenvalue weighted by Gasteiger charge is 2.24. The van der Waals surface area contributed by atoms with E-state index in [4.69, 9.17) is 9.26 Å². The topological polar surface area (TPSA) is 68.5 Å². The molecule has 0 bridgehead atoms. The van der Waals surface area contributed by atoms with Gasteiger partial charge in [-0.3, -0.25) is 4.79 Å². The van der Waals surface area contributed by atoms with Crippen molar-refractivity contribution in [3.8, 4) is 5.75 Å². The van der Waals surface area contributed by atoms with E-state index in [-0.39, 0.29) is 24.2 Å². The molecule has 0 fully saturated rings. The Labute approximate surface area is 166 Å². The Hall–Kier alpha value is -2.32. The minimum absolute atomic E-state index is 0.138. The number of ether oxygens (including phenoxy) is 1. The summed E-state index contributed by atoms with van der Waals surface area (Å²) in [5.41, 5.74) is 1.21. The molecule has 1 atom stereocenters. The molecule has 0 N–H and O–H groups in total. The van der Waals surface area contributed by atoms with Crippen LogP contribution in [0.2, 0.25) is 0 Å². The molecule has 0 aliphatic carbocycles. The maximum atomic E-state index is 12.7. The van der Waals surface area contributed by atoms with Crippen LogP contribution < -0.4 is 4.74 Å². The van der Waals surface area contributed by atoms with E-state index in [0.717, 1.165) is 21.3 Å². The van der Waals surface area contributed by atoms with Gasteiger partial charge >= 0.3 is 0 Å². The van der Waals surface area contributed by atoms with E-state index >= 15 is 0 Å². The van der Waals surface area contributed by atoms with Crippen molar-refractivity contribution in [2.45, 2.75) is 31.4 Å². The highest BCUT2D eigenvalue weighted by molar-refractivity contribution is 7.98. The maximum absolute atomic E-state index is 12.7. The number of carbonyl (C=O) groups is 1. The molecule has 0 aliphatic heterocycles. The van der Waals surface area contributed by atoms with Gasteiger partial charge in [-0.25, -0.2) is 4.98 Å². The van der Waals surface area contributed by atoms with Crippen LogP contribution in [-0.4, -0.2) is 34.3 Å². The fourth-order valence-corrected chi connectivity index (χ4v) is 3.89. The van der Waals surface area contributed by atoms with Crippen molar-refractivity contribution < 1.29 is 14.1 Å². The van der Waals surface area contributed by atoms with Crippen molar-refractivity contribution in [2.24, 2.45) is 0 Å². The normalized spacial score (nSPS) is 12.0. The van der Waals surface area contributed by atoms with Crippen LogP contribution in [0.15, 0.2) is 45.1 Å². The summed E-state index contributed by atoms with van der Waals surface area (Å²) in [7, 11) is 1.74. The van der Waals surface area contributed by atoms with Crippen LogP contribution in [0.5, 0.6) is 5.75 Å². The van der Waals surface area contributed by atoms with Gasteiger partial charge < -0.3 is 14.2 Å². The van der Waals surface area contributed by atoms with E-state index in [1.54, 1.807) is 41.1 Å². The fraction of sp³-hybridized carbons (Fsp3) is 0.316. The molecule has 0 aliphatic rings. The molecule has 0 spiro atoms. The van der Waals surface area contributed by atoms with Gasteiger partial charge in [0.25, 0.3) is 5.91 Å². The third-order valence-corrected chi connectivity index (χ3v) is 6.02. The SMILES string of the molecule is CSc1ccccc1OCc1cc(C(=O)N(C)[C@H](C)c2nc(C)cs2)no1. The Balaban J connectivity index is 1.65. The van der Waals surface area contributed by atoms with E-state index in [1.165, 1.54) is 0 Å². The first-order valence-electron chi connectivity index (χ1n) is 8.40. The molecule has 1 amide bonds. The molecule has 6 nitrogen and oxygen atoms in total. The number of aromatic nitrogens is 2. The largest absolute Gasteiger partial charge is 0.484 e. The molecule has 0 unspecified atom stereocenters. The Kier molecular flexibility index (Phi) is 6.18. The van der Waals surface area contributed by atoms with E-state index in [1.807, 2.05) is 49.7 Å². The fourth-order valence-electron chi connectivity index (χ4n) is 2.46. The first kappa shape index (κ1) is 19.4. The van der Waals surface area contributed by atoms with Gasteiger partial charge in [0.2, 0.25) is 0 Å². The predicted molar refractivity (Wildman–Crippen MR) is 106 cm³/mol. The van der Waals surface area contributed by atoms with E-state index in [0.29, 0.717) is 5.76 Å². The molecule has 2 aromatic heterocycles. The van der Waals surface area contributed by atoms with E-state index < -0.39 is 0 Å². The highest BCUT2D eigenvalue weighted by Crippen LogP contribution is 2.28. The number of para-hydroxylation sites is 1. The predicted octanol–water partition coefficient (Wildman–Crippen LogP) is 4.57. The number of amides is 1. The van der Waals surface area contributed by atoms with Gasteiger partial charge in [0.15, 0.2) is 11.5 Å². The summed E-state index contributed by atoms with van der Waals surface area (Å²) < 4.78 is 11.1. The zero-order chi connectivity index (χ0) is 19.4. The minimum atomic E-state index is -0.213. The standard InChI is InChI=1S/C19H21N3O3S2/c1-12-11-27-18(20-12)13(2)22(3)19(23)15-9-14(25-21-15)10-24-16-7-5-6-8-17(16)26-4/h5-9,11,13H,10H2,1-4H3/t13-/m1/s1. The lowest BCUT2D eigenvalue weighted by Gasteiger charge is -2.21. The summed E-state index contributed by atoms with van der Waals surface area (Å²) >= 11 is 3.15. The summed E-state index contributed by atoms with van der Waals surface area (Å²) in [6.45, 7) is 4.09. The number of nitrogens with zero attached hydrogens (tertiary/aromatic N) is 3. The van der Waals surface area contributed by atoms with Gasteiger partial charge in [-0.15, -0.1) is 23.1 Å². The van der Waals surface area contributed by atoms with Crippen molar-refractivity contribution in [1.29, 1.82) is 0 Å². The number of benzene rings is 1. The molecule has 3 rings (SSSR count). The lowest BCUT2D eigenvalue weighted by molar-refractivity contribution is 0.0731. The quantitative estimate of drug-likeness (QED) is 0.538. The van der Waals surface area contributed by atoms with Gasteiger partial charge in [-0.1, -0.05) is 17.3 Å². The van der Waals surface area contributed by atoms with Gasteiger partial charge in [-0.2, -0.15) is 0 Å². The molecule has 1 aromatic carbocycles. The van der Waals surface area contributed by atoms with Crippen LogP contribution in [0.1, 0.15) is 39.9 Å². The van der Waals surface area contributed by atoms with Crippen LogP contribution in [0, 0.1) is 6.92 Å². The molecule has 0 saturated heterocycles. The first-order chi connectivity index (χ1) is 13.0. The second-order valence-corrected chi connectivity index (χ2v) is 7.77. The van der Waals surface area contributed by atoms with Crippen LogP contribution in [-0.2, 0) is 6.61 Å². The van der Waals surface area contributed by atoms with E-state index in [9.17, 15) is 4.79 Å². The van der Waals surface area contributed by atoms with Crippen molar-refractivity contribution in [3.63, 3.8) is 0 Å². The molecular formula is C19H21N3O3S2. The third-order valence-electron chi connectivity index (χ3n) is 4.11. The number of aryl methyl sites for hydroxylation is 1. The van der Waals surface area contributed by atoms with Crippen molar-refractivity contribution in [2.75, 3.05) is 13.3 Å². The minimum Gasteiger partial charge on any atom is -0.484 e. The number of hydrogen-bond donors (Lipinski definition) is 0. The van der Waals surface area contributed by atoms with Gasteiger partial charge in [0, 0.05) is 29.1 Å². The summed E-state index contributed by atoms with van der Waals surface area (Å²) in [5, 5.41) is 6.77. The van der Waals surface area contributed by atoms with Crippen molar-refractivity contribution in [1.82, 2.24) is 15.0 Å². The first-order valence-corrected chi connectivity index (χ1v) is 10.5. The Morgan fingerprint density at radius 1 is 1.41 bits per heavy atom. The van der Waals surface area contributed by atoms with Gasteiger partial charge in [0.1, 0.15) is 17.4 Å². The summed E-state index contributed by atoms with van der Waals surface area (Å²) in [6, 6.07) is 9.26. The third kappa shape index (κ3) is 4.51. The lowest BCUT2D eigenvalue weighted by Crippen LogP contribution is -2.29. The molecule has 0 saturated carbocycles. The molecule has 8 heteroatoms. The zero-order valence-corrected chi connectivity index (χ0v) is 17.3. The van der Waals surface area contributed by atoms with Crippen molar-refractivity contribution in [3.05, 3.63) is 57.9 Å². The number of rotatable bonds is 7. The Bertz CT molecular complexity index is 922. The molecule has 3 aromatic rings. The monoisotopic (exact) mass is 403 g/mol. The summed E-state index contributed by atoms with van der Waals surface area (Å²) in [5.74, 6) is 1.06.